The average Bonchev–Trinajstić information content (AvgIpc) is 2.96. The van der Waals surface area contributed by atoms with Crippen LogP contribution < -0.4 is 15.1 Å². The molecule has 2 heterocycles. The Morgan fingerprint density at radius 1 is 1.00 bits per heavy atom. The molecule has 0 bridgehead atoms. The van der Waals surface area contributed by atoms with E-state index in [9.17, 15) is 9.90 Å². The maximum atomic E-state index is 12.1. The lowest BCUT2D eigenvalue weighted by molar-refractivity contribution is 0.174. The molecule has 0 unspecified atom stereocenters. The van der Waals surface area contributed by atoms with E-state index in [1.807, 2.05) is 18.2 Å². The molecular formula is C17H12O5. The van der Waals surface area contributed by atoms with Gasteiger partial charge in [-0.2, -0.15) is 0 Å². The second-order valence-corrected chi connectivity index (χ2v) is 5.15. The van der Waals surface area contributed by atoms with Crippen molar-refractivity contribution in [1.29, 1.82) is 0 Å². The molecule has 1 aliphatic heterocycles. The number of hydrogen-bond acceptors (Lipinski definition) is 5. The molecule has 0 saturated carbocycles. The molecule has 110 valence electrons. The van der Waals surface area contributed by atoms with Crippen LogP contribution in [0.2, 0.25) is 0 Å². The van der Waals surface area contributed by atoms with Crippen molar-refractivity contribution < 1.29 is 19.0 Å². The Hall–Kier alpha value is -2.95. The third-order valence-electron chi connectivity index (χ3n) is 3.62. The van der Waals surface area contributed by atoms with E-state index in [1.54, 1.807) is 18.2 Å². The summed E-state index contributed by atoms with van der Waals surface area (Å²) < 4.78 is 15.9. The molecule has 5 nitrogen and oxygen atoms in total. The van der Waals surface area contributed by atoms with Gasteiger partial charge in [0.1, 0.15) is 11.3 Å². The van der Waals surface area contributed by atoms with Gasteiger partial charge in [-0.15, -0.1) is 0 Å². The zero-order chi connectivity index (χ0) is 15.1. The van der Waals surface area contributed by atoms with Crippen LogP contribution >= 0.6 is 0 Å². The van der Waals surface area contributed by atoms with E-state index in [4.69, 9.17) is 13.9 Å². The molecule has 0 saturated heterocycles. The molecule has 0 fully saturated rings. The highest BCUT2D eigenvalue weighted by atomic mass is 16.7. The minimum Gasteiger partial charge on any atom is -0.508 e. The predicted octanol–water partition coefficient (Wildman–Crippen LogP) is 2.82. The predicted molar refractivity (Wildman–Crippen MR) is 79.5 cm³/mol. The van der Waals surface area contributed by atoms with Gasteiger partial charge in [-0.25, -0.2) is 4.79 Å². The number of phenols is 1. The first-order valence-corrected chi connectivity index (χ1v) is 6.83. The zero-order valence-electron chi connectivity index (χ0n) is 11.5. The quantitative estimate of drug-likeness (QED) is 0.736. The highest BCUT2D eigenvalue weighted by Gasteiger charge is 2.14. The van der Waals surface area contributed by atoms with E-state index in [1.165, 1.54) is 6.07 Å². The molecule has 0 spiro atoms. The van der Waals surface area contributed by atoms with Crippen molar-refractivity contribution in [2.75, 3.05) is 6.79 Å². The van der Waals surface area contributed by atoms with Gasteiger partial charge in [0.05, 0.1) is 0 Å². The molecule has 2 aromatic carbocycles. The summed E-state index contributed by atoms with van der Waals surface area (Å²) >= 11 is 0. The lowest BCUT2D eigenvalue weighted by Gasteiger charge is -2.04. The van der Waals surface area contributed by atoms with E-state index in [-0.39, 0.29) is 18.2 Å². The van der Waals surface area contributed by atoms with Gasteiger partial charge < -0.3 is 19.0 Å². The van der Waals surface area contributed by atoms with Gasteiger partial charge in [0, 0.05) is 17.4 Å². The molecule has 0 radical (unpaired) electrons. The van der Waals surface area contributed by atoms with Gasteiger partial charge in [-0.1, -0.05) is 6.07 Å². The standard InChI is InChI=1S/C17H12O5/c18-13-2-4-14-11(8-13)7-12(17(19)22-14)5-10-1-3-15-16(6-10)21-9-20-15/h1-4,6-8,18H,5,9H2. The third kappa shape index (κ3) is 2.16. The highest BCUT2D eigenvalue weighted by molar-refractivity contribution is 5.78. The first-order chi connectivity index (χ1) is 10.7. The molecule has 0 aliphatic carbocycles. The normalized spacial score (nSPS) is 12.7. The molecule has 1 aromatic heterocycles. The summed E-state index contributed by atoms with van der Waals surface area (Å²) in [6.45, 7) is 0.218. The molecule has 3 aromatic rings. The SMILES string of the molecule is O=c1oc2ccc(O)cc2cc1Cc1ccc2c(c1)OCO2. The first kappa shape index (κ1) is 12.8. The lowest BCUT2D eigenvalue weighted by Crippen LogP contribution is -2.07. The molecule has 1 N–H and O–H groups in total. The summed E-state index contributed by atoms with van der Waals surface area (Å²) in [7, 11) is 0. The van der Waals surface area contributed by atoms with Crippen LogP contribution in [0.25, 0.3) is 11.0 Å². The second-order valence-electron chi connectivity index (χ2n) is 5.15. The minimum absolute atomic E-state index is 0.135. The van der Waals surface area contributed by atoms with Gasteiger partial charge in [-0.3, -0.25) is 0 Å². The molecule has 0 atom stereocenters. The summed E-state index contributed by atoms with van der Waals surface area (Å²) in [5.41, 5.74) is 1.53. The van der Waals surface area contributed by atoms with Crippen molar-refractivity contribution in [3.05, 3.63) is 64.0 Å². The maximum absolute atomic E-state index is 12.1. The Morgan fingerprint density at radius 2 is 1.86 bits per heavy atom. The van der Waals surface area contributed by atoms with Crippen molar-refractivity contribution in [3.63, 3.8) is 0 Å². The van der Waals surface area contributed by atoms with E-state index in [0.717, 1.165) is 5.56 Å². The first-order valence-electron chi connectivity index (χ1n) is 6.83. The van der Waals surface area contributed by atoms with Crippen LogP contribution in [0.5, 0.6) is 17.2 Å². The summed E-state index contributed by atoms with van der Waals surface area (Å²) in [6, 6.07) is 12.0. The van der Waals surface area contributed by atoms with Gasteiger partial charge in [0.2, 0.25) is 6.79 Å². The molecule has 5 heteroatoms. The second kappa shape index (κ2) is 4.80. The van der Waals surface area contributed by atoms with Crippen LogP contribution in [0, 0.1) is 0 Å². The Bertz CT molecular complexity index is 926. The summed E-state index contributed by atoms with van der Waals surface area (Å²) in [5, 5.41) is 10.2. The number of benzene rings is 2. The minimum atomic E-state index is -0.379. The average molecular weight is 296 g/mol. The maximum Gasteiger partial charge on any atom is 0.339 e. The number of fused-ring (bicyclic) bond motifs is 2. The Labute approximate surface area is 125 Å². The van der Waals surface area contributed by atoms with Crippen molar-refractivity contribution in [2.45, 2.75) is 6.42 Å². The number of rotatable bonds is 2. The fourth-order valence-electron chi connectivity index (χ4n) is 2.55. The van der Waals surface area contributed by atoms with Crippen molar-refractivity contribution >= 4 is 11.0 Å². The van der Waals surface area contributed by atoms with Crippen LogP contribution in [0.1, 0.15) is 11.1 Å². The molecule has 4 rings (SSSR count). The number of phenolic OH excluding ortho intramolecular Hbond substituents is 1. The Kier molecular flexibility index (Phi) is 2.79. The largest absolute Gasteiger partial charge is 0.508 e. The van der Waals surface area contributed by atoms with Crippen molar-refractivity contribution in [2.24, 2.45) is 0 Å². The van der Waals surface area contributed by atoms with Crippen LogP contribution in [-0.2, 0) is 6.42 Å². The number of aromatic hydroxyl groups is 1. The summed E-state index contributed by atoms with van der Waals surface area (Å²) in [6.07, 6.45) is 0.421. The smallest absolute Gasteiger partial charge is 0.339 e. The molecule has 1 aliphatic rings. The monoisotopic (exact) mass is 296 g/mol. The third-order valence-corrected chi connectivity index (χ3v) is 3.62. The fourth-order valence-corrected chi connectivity index (χ4v) is 2.55. The van der Waals surface area contributed by atoms with Crippen LogP contribution in [0.4, 0.5) is 0 Å². The number of hydrogen-bond donors (Lipinski definition) is 1. The summed E-state index contributed by atoms with van der Waals surface area (Å²) in [4.78, 5) is 12.1. The van der Waals surface area contributed by atoms with Crippen LogP contribution in [0.15, 0.2) is 51.7 Å². The summed E-state index contributed by atoms with van der Waals surface area (Å²) in [5.74, 6) is 1.52. The fraction of sp³-hybridized carbons (Fsp3) is 0.118. The van der Waals surface area contributed by atoms with Gasteiger partial charge >= 0.3 is 5.63 Å². The van der Waals surface area contributed by atoms with Gasteiger partial charge in [-0.05, 0) is 42.0 Å². The van der Waals surface area contributed by atoms with Crippen molar-refractivity contribution in [3.8, 4) is 17.2 Å². The topological polar surface area (TPSA) is 68.9 Å². The number of ether oxygens (including phenoxy) is 2. The lowest BCUT2D eigenvalue weighted by atomic mass is 10.0. The molecule has 0 amide bonds. The van der Waals surface area contributed by atoms with Gasteiger partial charge in [0.25, 0.3) is 0 Å². The van der Waals surface area contributed by atoms with Crippen LogP contribution in [-0.4, -0.2) is 11.9 Å². The van der Waals surface area contributed by atoms with E-state index < -0.39 is 0 Å². The van der Waals surface area contributed by atoms with E-state index in [2.05, 4.69) is 0 Å². The Balaban J connectivity index is 1.74. The van der Waals surface area contributed by atoms with E-state index in [0.29, 0.717) is 34.5 Å². The molecule has 22 heavy (non-hydrogen) atoms. The highest BCUT2D eigenvalue weighted by Crippen LogP contribution is 2.33. The molecular weight excluding hydrogens is 284 g/mol. The van der Waals surface area contributed by atoms with Crippen LogP contribution in [0.3, 0.4) is 0 Å². The zero-order valence-corrected chi connectivity index (χ0v) is 11.5. The van der Waals surface area contributed by atoms with E-state index >= 15 is 0 Å². The van der Waals surface area contributed by atoms with Gasteiger partial charge in [0.15, 0.2) is 11.5 Å². The van der Waals surface area contributed by atoms with Crippen molar-refractivity contribution in [1.82, 2.24) is 0 Å². The Morgan fingerprint density at radius 3 is 2.77 bits per heavy atom.